The van der Waals surface area contributed by atoms with Crippen LogP contribution in [0.5, 0.6) is 0 Å². The first-order valence-electron chi connectivity index (χ1n) is 9.32. The van der Waals surface area contributed by atoms with Gasteiger partial charge in [0.05, 0.1) is 24.0 Å². The van der Waals surface area contributed by atoms with Crippen LogP contribution in [0.15, 0.2) is 49.1 Å². The minimum absolute atomic E-state index is 0.0129. The highest BCUT2D eigenvalue weighted by Crippen LogP contribution is 2.23. The summed E-state index contributed by atoms with van der Waals surface area (Å²) >= 11 is 0. The van der Waals surface area contributed by atoms with Crippen LogP contribution in [0.25, 0.3) is 22.2 Å². The largest absolute Gasteiger partial charge is 0.363 e. The molecule has 0 bridgehead atoms. The third-order valence-electron chi connectivity index (χ3n) is 5.01. The molecule has 4 aromatic heterocycles. The molecule has 0 aliphatic heterocycles. The molecular formula is C22H22N6O. The SMILES string of the molecule is Cc1ncc(-c2cc3cc(CC(=O)c4ccnc(N(C)C)c4)ncc3cn2)n1C. The highest BCUT2D eigenvalue weighted by Gasteiger charge is 2.12. The maximum Gasteiger partial charge on any atom is 0.169 e. The van der Waals surface area contributed by atoms with Crippen LogP contribution in [0.2, 0.25) is 0 Å². The van der Waals surface area contributed by atoms with E-state index in [1.54, 1.807) is 30.7 Å². The normalized spacial score (nSPS) is 11.0. The minimum Gasteiger partial charge on any atom is -0.363 e. The molecule has 0 saturated heterocycles. The first-order chi connectivity index (χ1) is 13.9. The fourth-order valence-corrected chi connectivity index (χ4v) is 3.16. The Kier molecular flexibility index (Phi) is 4.80. The molecule has 146 valence electrons. The fraction of sp³-hybridized carbons (Fsp3) is 0.227. The molecule has 7 heteroatoms. The van der Waals surface area contributed by atoms with Crippen LogP contribution in [-0.4, -0.2) is 44.4 Å². The predicted octanol–water partition coefficient (Wildman–Crippen LogP) is 3.23. The van der Waals surface area contributed by atoms with Gasteiger partial charge < -0.3 is 9.47 Å². The van der Waals surface area contributed by atoms with Crippen molar-refractivity contribution in [1.29, 1.82) is 0 Å². The number of nitrogens with zero attached hydrogens (tertiary/aromatic N) is 6. The Morgan fingerprint density at radius 1 is 1.00 bits per heavy atom. The molecule has 0 fully saturated rings. The number of aryl methyl sites for hydroxylation is 1. The highest BCUT2D eigenvalue weighted by molar-refractivity contribution is 5.98. The number of rotatable bonds is 5. The number of aromatic nitrogens is 5. The Hall–Kier alpha value is -3.61. The summed E-state index contributed by atoms with van der Waals surface area (Å²) in [6, 6.07) is 7.51. The van der Waals surface area contributed by atoms with E-state index in [1.807, 2.05) is 55.9 Å². The van der Waals surface area contributed by atoms with Gasteiger partial charge in [-0.1, -0.05) is 0 Å². The molecule has 29 heavy (non-hydrogen) atoms. The summed E-state index contributed by atoms with van der Waals surface area (Å²) in [5, 5.41) is 1.93. The van der Waals surface area contributed by atoms with Crippen molar-refractivity contribution < 1.29 is 4.79 Å². The average molecular weight is 386 g/mol. The van der Waals surface area contributed by atoms with E-state index in [9.17, 15) is 4.79 Å². The van der Waals surface area contributed by atoms with Gasteiger partial charge in [-0.05, 0) is 36.6 Å². The van der Waals surface area contributed by atoms with Crippen LogP contribution in [0.3, 0.4) is 0 Å². The van der Waals surface area contributed by atoms with Crippen molar-refractivity contribution in [3.63, 3.8) is 0 Å². The number of pyridine rings is 3. The molecule has 4 rings (SSSR count). The zero-order chi connectivity index (χ0) is 20.5. The van der Waals surface area contributed by atoms with Gasteiger partial charge in [0, 0.05) is 56.4 Å². The van der Waals surface area contributed by atoms with Gasteiger partial charge in [0.1, 0.15) is 11.6 Å². The van der Waals surface area contributed by atoms with Gasteiger partial charge >= 0.3 is 0 Å². The number of carbonyl (C=O) groups excluding carboxylic acids is 1. The fourth-order valence-electron chi connectivity index (χ4n) is 3.16. The summed E-state index contributed by atoms with van der Waals surface area (Å²) in [5.41, 5.74) is 3.15. The lowest BCUT2D eigenvalue weighted by atomic mass is 10.1. The Morgan fingerprint density at radius 2 is 1.79 bits per heavy atom. The van der Waals surface area contributed by atoms with Crippen LogP contribution in [0.1, 0.15) is 21.9 Å². The molecule has 0 atom stereocenters. The van der Waals surface area contributed by atoms with E-state index < -0.39 is 0 Å². The topological polar surface area (TPSA) is 76.8 Å². The molecule has 0 saturated carbocycles. The van der Waals surface area contributed by atoms with E-state index in [1.165, 1.54) is 0 Å². The summed E-state index contributed by atoms with van der Waals surface area (Å²) in [4.78, 5) is 32.2. The molecule has 0 spiro atoms. The minimum atomic E-state index is 0.0129. The molecule has 7 nitrogen and oxygen atoms in total. The van der Waals surface area contributed by atoms with Crippen LogP contribution < -0.4 is 4.90 Å². The predicted molar refractivity (Wildman–Crippen MR) is 113 cm³/mol. The van der Waals surface area contributed by atoms with Gasteiger partial charge in [0.2, 0.25) is 0 Å². The lowest BCUT2D eigenvalue weighted by Crippen LogP contribution is -2.12. The zero-order valence-corrected chi connectivity index (χ0v) is 16.9. The monoisotopic (exact) mass is 386 g/mol. The standard InChI is InChI=1S/C22H22N6O/c1-14-24-13-20(28(14)4)19-8-16-7-18(25-11-17(16)12-26-19)10-21(29)15-5-6-23-22(9-15)27(2)3/h5-9,11-13H,10H2,1-4H3. The lowest BCUT2D eigenvalue weighted by molar-refractivity contribution is 0.0992. The Balaban J connectivity index is 1.63. The van der Waals surface area contributed by atoms with Gasteiger partial charge in [0.25, 0.3) is 0 Å². The molecule has 0 aliphatic carbocycles. The third kappa shape index (κ3) is 3.71. The Labute approximate surface area is 169 Å². The van der Waals surface area contributed by atoms with Crippen LogP contribution in [0, 0.1) is 6.92 Å². The molecular weight excluding hydrogens is 364 g/mol. The van der Waals surface area contributed by atoms with Gasteiger partial charge in [0.15, 0.2) is 5.78 Å². The van der Waals surface area contributed by atoms with E-state index in [4.69, 9.17) is 0 Å². The number of ketones is 1. The summed E-state index contributed by atoms with van der Waals surface area (Å²) in [5.74, 6) is 1.70. The second-order valence-corrected chi connectivity index (χ2v) is 7.24. The van der Waals surface area contributed by atoms with Gasteiger partial charge in [-0.2, -0.15) is 0 Å². The number of hydrogen-bond donors (Lipinski definition) is 0. The number of carbonyl (C=O) groups is 1. The van der Waals surface area contributed by atoms with E-state index >= 15 is 0 Å². The number of Topliss-reactive ketones (excluding diaryl/α,β-unsaturated/α-hetero) is 1. The highest BCUT2D eigenvalue weighted by atomic mass is 16.1. The first-order valence-corrected chi connectivity index (χ1v) is 9.32. The maximum atomic E-state index is 12.8. The number of imidazole rings is 1. The third-order valence-corrected chi connectivity index (χ3v) is 5.01. The van der Waals surface area contributed by atoms with Crippen LogP contribution in [0.4, 0.5) is 5.82 Å². The van der Waals surface area contributed by atoms with Crippen molar-refractivity contribution in [3.8, 4) is 11.4 Å². The quantitative estimate of drug-likeness (QED) is 0.490. The van der Waals surface area contributed by atoms with Gasteiger partial charge in [-0.25, -0.2) is 9.97 Å². The van der Waals surface area contributed by atoms with Gasteiger partial charge in [-0.15, -0.1) is 0 Å². The van der Waals surface area contributed by atoms with E-state index in [0.29, 0.717) is 5.56 Å². The van der Waals surface area contributed by atoms with Crippen molar-refractivity contribution in [2.75, 3.05) is 19.0 Å². The maximum absolute atomic E-state index is 12.8. The van der Waals surface area contributed by atoms with E-state index in [0.717, 1.165) is 39.5 Å². The second-order valence-electron chi connectivity index (χ2n) is 7.24. The molecule has 0 aromatic carbocycles. The van der Waals surface area contributed by atoms with Crippen molar-refractivity contribution in [1.82, 2.24) is 24.5 Å². The Bertz CT molecular complexity index is 1210. The number of anilines is 1. The Morgan fingerprint density at radius 3 is 2.52 bits per heavy atom. The number of hydrogen-bond acceptors (Lipinski definition) is 6. The van der Waals surface area contributed by atoms with Crippen molar-refractivity contribution in [2.45, 2.75) is 13.3 Å². The summed E-state index contributed by atoms with van der Waals surface area (Å²) in [6.07, 6.45) is 7.28. The lowest BCUT2D eigenvalue weighted by Gasteiger charge is -2.11. The molecule has 0 unspecified atom stereocenters. The number of fused-ring (bicyclic) bond motifs is 1. The van der Waals surface area contributed by atoms with Crippen molar-refractivity contribution >= 4 is 22.4 Å². The summed E-state index contributed by atoms with van der Waals surface area (Å²) in [6.45, 7) is 1.96. The average Bonchev–Trinajstić information content (AvgIpc) is 3.06. The van der Waals surface area contributed by atoms with Crippen molar-refractivity contribution in [3.05, 3.63) is 66.1 Å². The van der Waals surface area contributed by atoms with Crippen LogP contribution in [-0.2, 0) is 13.5 Å². The van der Waals surface area contributed by atoms with Crippen LogP contribution >= 0.6 is 0 Å². The zero-order valence-electron chi connectivity index (χ0n) is 16.9. The van der Waals surface area contributed by atoms with Gasteiger partial charge in [-0.3, -0.25) is 14.8 Å². The van der Waals surface area contributed by atoms with Crippen molar-refractivity contribution in [2.24, 2.45) is 7.05 Å². The molecule has 0 radical (unpaired) electrons. The smallest absolute Gasteiger partial charge is 0.169 e. The molecule has 0 aliphatic rings. The first kappa shape index (κ1) is 18.7. The second kappa shape index (κ2) is 7.43. The molecule has 4 aromatic rings. The molecule has 0 N–H and O–H groups in total. The summed E-state index contributed by atoms with van der Waals surface area (Å²) < 4.78 is 2.01. The van der Waals surface area contributed by atoms with E-state index in [2.05, 4.69) is 19.9 Å². The van der Waals surface area contributed by atoms with E-state index in [-0.39, 0.29) is 12.2 Å². The molecule has 4 heterocycles. The molecule has 0 amide bonds. The summed E-state index contributed by atoms with van der Waals surface area (Å²) in [7, 11) is 5.77.